The van der Waals surface area contributed by atoms with E-state index in [0.717, 1.165) is 40.7 Å². The highest BCUT2D eigenvalue weighted by atomic mass is 32.1. The Morgan fingerprint density at radius 3 is 3.00 bits per heavy atom. The second-order valence-corrected chi connectivity index (χ2v) is 7.42. The molecule has 0 bridgehead atoms. The largest absolute Gasteiger partial charge is 0.351 e. The van der Waals surface area contributed by atoms with Gasteiger partial charge in [-0.25, -0.2) is 14.5 Å². The number of amides is 1. The van der Waals surface area contributed by atoms with Gasteiger partial charge in [-0.2, -0.15) is 5.10 Å². The smallest absolute Gasteiger partial charge is 0.345 e. The molecule has 3 heterocycles. The van der Waals surface area contributed by atoms with Crippen LogP contribution in [0.15, 0.2) is 4.79 Å². The van der Waals surface area contributed by atoms with Gasteiger partial charge in [0.25, 0.3) is 0 Å². The first-order chi connectivity index (χ1) is 11.5. The number of fused-ring (bicyclic) bond motifs is 1. The number of aromatic nitrogens is 4. The SMILES string of the molecule is CCCc1nc(C)c(CNC(=O)[C@@H]2CCc3nn(C)c(=O)n3C2)s1. The van der Waals surface area contributed by atoms with Gasteiger partial charge in [0.2, 0.25) is 5.91 Å². The predicted octanol–water partition coefficient (Wildman–Crippen LogP) is 1.18. The number of nitrogens with zero attached hydrogens (tertiary/aromatic N) is 4. The molecule has 2 aromatic rings. The lowest BCUT2D eigenvalue weighted by molar-refractivity contribution is -0.126. The van der Waals surface area contributed by atoms with Crippen molar-refractivity contribution in [2.75, 3.05) is 0 Å². The van der Waals surface area contributed by atoms with Crippen molar-refractivity contribution in [2.24, 2.45) is 13.0 Å². The van der Waals surface area contributed by atoms with E-state index >= 15 is 0 Å². The number of rotatable bonds is 5. The summed E-state index contributed by atoms with van der Waals surface area (Å²) in [4.78, 5) is 30.1. The highest BCUT2D eigenvalue weighted by Gasteiger charge is 2.27. The molecule has 0 saturated carbocycles. The maximum absolute atomic E-state index is 12.5. The molecular weight excluding hydrogens is 326 g/mol. The Labute approximate surface area is 144 Å². The van der Waals surface area contributed by atoms with Crippen molar-refractivity contribution >= 4 is 17.2 Å². The monoisotopic (exact) mass is 349 g/mol. The summed E-state index contributed by atoms with van der Waals surface area (Å²) < 4.78 is 2.95. The minimum Gasteiger partial charge on any atom is -0.351 e. The molecule has 0 fully saturated rings. The summed E-state index contributed by atoms with van der Waals surface area (Å²) in [7, 11) is 1.64. The first kappa shape index (κ1) is 16.9. The van der Waals surface area contributed by atoms with E-state index in [1.54, 1.807) is 23.0 Å². The Bertz CT molecular complexity index is 804. The van der Waals surface area contributed by atoms with E-state index in [9.17, 15) is 9.59 Å². The molecule has 24 heavy (non-hydrogen) atoms. The van der Waals surface area contributed by atoms with Gasteiger partial charge in [0.15, 0.2) is 0 Å². The number of hydrogen-bond acceptors (Lipinski definition) is 5. The van der Waals surface area contributed by atoms with Gasteiger partial charge in [-0.05, 0) is 26.2 Å². The molecule has 0 aliphatic carbocycles. The van der Waals surface area contributed by atoms with Crippen LogP contribution in [0.1, 0.15) is 41.2 Å². The highest BCUT2D eigenvalue weighted by molar-refractivity contribution is 7.11. The molecule has 0 spiro atoms. The molecule has 0 saturated heterocycles. The van der Waals surface area contributed by atoms with Crippen LogP contribution in [-0.2, 0) is 37.8 Å². The van der Waals surface area contributed by atoms with Gasteiger partial charge < -0.3 is 5.32 Å². The first-order valence-electron chi connectivity index (χ1n) is 8.35. The second kappa shape index (κ2) is 6.88. The van der Waals surface area contributed by atoms with Crippen LogP contribution < -0.4 is 11.0 Å². The Kier molecular flexibility index (Phi) is 4.84. The van der Waals surface area contributed by atoms with E-state index in [1.807, 2.05) is 6.92 Å². The quantitative estimate of drug-likeness (QED) is 0.879. The van der Waals surface area contributed by atoms with Crippen LogP contribution in [-0.4, -0.2) is 25.2 Å². The Morgan fingerprint density at radius 2 is 2.25 bits per heavy atom. The number of nitrogens with one attached hydrogen (secondary N) is 1. The molecule has 1 aliphatic rings. The average molecular weight is 349 g/mol. The zero-order valence-corrected chi connectivity index (χ0v) is 15.2. The molecule has 1 amide bonds. The van der Waals surface area contributed by atoms with Crippen molar-refractivity contribution in [2.45, 2.75) is 52.6 Å². The van der Waals surface area contributed by atoms with Crippen LogP contribution in [0.4, 0.5) is 0 Å². The van der Waals surface area contributed by atoms with Crippen LogP contribution in [0, 0.1) is 12.8 Å². The van der Waals surface area contributed by atoms with E-state index in [-0.39, 0.29) is 17.5 Å². The van der Waals surface area contributed by atoms with E-state index in [1.165, 1.54) is 4.68 Å². The summed E-state index contributed by atoms with van der Waals surface area (Å²) in [5.41, 5.74) is 0.850. The second-order valence-electron chi connectivity index (χ2n) is 6.25. The summed E-state index contributed by atoms with van der Waals surface area (Å²) in [5.74, 6) is 0.595. The third-order valence-corrected chi connectivity index (χ3v) is 5.62. The lowest BCUT2D eigenvalue weighted by Crippen LogP contribution is -2.38. The minimum absolute atomic E-state index is 0.00115. The third kappa shape index (κ3) is 3.28. The molecule has 2 aromatic heterocycles. The van der Waals surface area contributed by atoms with Crippen molar-refractivity contribution in [1.82, 2.24) is 24.6 Å². The van der Waals surface area contributed by atoms with Crippen molar-refractivity contribution in [3.05, 3.63) is 31.9 Å². The maximum atomic E-state index is 12.5. The third-order valence-electron chi connectivity index (χ3n) is 4.40. The van der Waals surface area contributed by atoms with Gasteiger partial charge in [0.05, 0.1) is 23.2 Å². The molecular formula is C16H23N5O2S. The molecule has 3 rings (SSSR count). The molecule has 0 radical (unpaired) electrons. The summed E-state index contributed by atoms with van der Waals surface area (Å²) in [6, 6.07) is 0. The maximum Gasteiger partial charge on any atom is 0.345 e. The van der Waals surface area contributed by atoms with Crippen LogP contribution in [0.25, 0.3) is 0 Å². The van der Waals surface area contributed by atoms with Gasteiger partial charge >= 0.3 is 5.69 Å². The van der Waals surface area contributed by atoms with Gasteiger partial charge in [-0.15, -0.1) is 11.3 Å². The molecule has 1 N–H and O–H groups in total. The summed E-state index contributed by atoms with van der Waals surface area (Å²) in [6.07, 6.45) is 3.44. The summed E-state index contributed by atoms with van der Waals surface area (Å²) in [6.45, 7) is 5.04. The van der Waals surface area contributed by atoms with Crippen LogP contribution in [0.5, 0.6) is 0 Å². The zero-order chi connectivity index (χ0) is 17.3. The Hall–Kier alpha value is -1.96. The average Bonchev–Trinajstić information content (AvgIpc) is 3.05. The zero-order valence-electron chi connectivity index (χ0n) is 14.3. The lowest BCUT2D eigenvalue weighted by Gasteiger charge is -2.21. The molecule has 130 valence electrons. The molecule has 1 atom stereocenters. The van der Waals surface area contributed by atoms with Crippen molar-refractivity contribution in [3.63, 3.8) is 0 Å². The topological polar surface area (TPSA) is 81.8 Å². The number of thiazole rings is 1. The van der Waals surface area contributed by atoms with Gasteiger partial charge in [-0.3, -0.25) is 9.36 Å². The number of hydrogen-bond donors (Lipinski definition) is 1. The van der Waals surface area contributed by atoms with Gasteiger partial charge in [0, 0.05) is 24.9 Å². The molecule has 0 unspecified atom stereocenters. The lowest BCUT2D eigenvalue weighted by atomic mass is 9.98. The standard InChI is InChI=1S/C16H23N5O2S/c1-4-5-14-18-10(2)12(24-14)8-17-15(22)11-6-7-13-19-20(3)16(23)21(13)9-11/h11H,4-9H2,1-3H3,(H,17,22)/t11-/m1/s1. The van der Waals surface area contributed by atoms with Crippen LogP contribution >= 0.6 is 11.3 Å². The van der Waals surface area contributed by atoms with E-state index in [2.05, 4.69) is 22.3 Å². The fourth-order valence-electron chi connectivity index (χ4n) is 3.04. The van der Waals surface area contributed by atoms with E-state index in [4.69, 9.17) is 0 Å². The Morgan fingerprint density at radius 1 is 1.46 bits per heavy atom. The van der Waals surface area contributed by atoms with Crippen LogP contribution in [0.2, 0.25) is 0 Å². The predicted molar refractivity (Wildman–Crippen MR) is 92.0 cm³/mol. The van der Waals surface area contributed by atoms with Gasteiger partial charge in [-0.1, -0.05) is 6.92 Å². The highest BCUT2D eigenvalue weighted by Crippen LogP contribution is 2.20. The fraction of sp³-hybridized carbons (Fsp3) is 0.625. The summed E-state index contributed by atoms with van der Waals surface area (Å²) >= 11 is 1.67. The summed E-state index contributed by atoms with van der Waals surface area (Å²) in [5, 5.41) is 8.34. The van der Waals surface area contributed by atoms with Crippen LogP contribution in [0.3, 0.4) is 0 Å². The molecule has 7 nitrogen and oxygen atoms in total. The number of carbonyl (C=O) groups excluding carboxylic acids is 1. The van der Waals surface area contributed by atoms with E-state index in [0.29, 0.717) is 19.5 Å². The molecule has 8 heteroatoms. The molecule has 0 aromatic carbocycles. The van der Waals surface area contributed by atoms with Crippen molar-refractivity contribution in [3.8, 4) is 0 Å². The van der Waals surface area contributed by atoms with E-state index < -0.39 is 0 Å². The van der Waals surface area contributed by atoms with Gasteiger partial charge in [0.1, 0.15) is 5.82 Å². The fourth-order valence-corrected chi connectivity index (χ4v) is 4.15. The van der Waals surface area contributed by atoms with Crippen molar-refractivity contribution in [1.29, 1.82) is 0 Å². The first-order valence-corrected chi connectivity index (χ1v) is 9.16. The Balaban J connectivity index is 1.62. The normalized spacial score (nSPS) is 16.9. The minimum atomic E-state index is -0.178. The molecule has 1 aliphatic heterocycles. The number of aryl methyl sites for hydroxylation is 4. The van der Waals surface area contributed by atoms with Crippen molar-refractivity contribution < 1.29 is 4.79 Å². The number of carbonyl (C=O) groups is 1.